The van der Waals surface area contributed by atoms with Crippen molar-refractivity contribution in [2.24, 2.45) is 0 Å². The van der Waals surface area contributed by atoms with Crippen LogP contribution >= 0.6 is 0 Å². The summed E-state index contributed by atoms with van der Waals surface area (Å²) in [6, 6.07) is 13.7. The Morgan fingerprint density at radius 2 is 1.48 bits per heavy atom. The number of nitrogens with zero attached hydrogens (tertiary/aromatic N) is 1. The van der Waals surface area contributed by atoms with Gasteiger partial charge < -0.3 is 5.32 Å². The number of likely N-dealkylation sites (N-methyl/N-ethyl adjacent to an activating group) is 1. The highest BCUT2D eigenvalue weighted by molar-refractivity contribution is 5.25. The number of pyridine rings is 1. The van der Waals surface area contributed by atoms with Gasteiger partial charge in [0, 0.05) is 18.4 Å². The first-order valence-corrected chi connectivity index (χ1v) is 7.90. The van der Waals surface area contributed by atoms with Gasteiger partial charge >= 0.3 is 0 Å². The Morgan fingerprint density at radius 3 is 2.00 bits per heavy atom. The number of aromatic nitrogens is 1. The minimum atomic E-state index is 0.474. The molecule has 1 atom stereocenters. The van der Waals surface area contributed by atoms with E-state index < -0.39 is 0 Å². The molecule has 0 fully saturated rings. The molecular weight excluding hydrogens is 256 g/mol. The fraction of sp³-hybridized carbons (Fsp3) is 0.421. The molecule has 0 saturated heterocycles. The fourth-order valence-electron chi connectivity index (χ4n) is 2.63. The standard InChI is InChI=1S/C19H26N2/c1-4-21-19(14-17-9-11-20-12-10-17)13-16-5-7-18(8-6-16)15(2)3/h5-12,15,19,21H,4,13-14H2,1-3H3. The summed E-state index contributed by atoms with van der Waals surface area (Å²) in [5.41, 5.74) is 4.15. The largest absolute Gasteiger partial charge is 0.314 e. The summed E-state index contributed by atoms with van der Waals surface area (Å²) in [4.78, 5) is 4.09. The molecule has 0 aliphatic rings. The molecule has 1 unspecified atom stereocenters. The van der Waals surface area contributed by atoms with Crippen molar-refractivity contribution < 1.29 is 0 Å². The van der Waals surface area contributed by atoms with Gasteiger partial charge in [-0.25, -0.2) is 0 Å². The van der Waals surface area contributed by atoms with Gasteiger partial charge in [0.1, 0.15) is 0 Å². The molecule has 0 amide bonds. The molecule has 2 aromatic rings. The van der Waals surface area contributed by atoms with E-state index in [2.05, 4.69) is 67.5 Å². The summed E-state index contributed by atoms with van der Waals surface area (Å²) < 4.78 is 0. The maximum absolute atomic E-state index is 4.09. The van der Waals surface area contributed by atoms with Crippen molar-refractivity contribution in [3.8, 4) is 0 Å². The average molecular weight is 282 g/mol. The van der Waals surface area contributed by atoms with Gasteiger partial charge in [-0.15, -0.1) is 0 Å². The van der Waals surface area contributed by atoms with E-state index in [4.69, 9.17) is 0 Å². The Labute approximate surface area is 128 Å². The predicted octanol–water partition coefficient (Wildman–Crippen LogP) is 3.97. The lowest BCUT2D eigenvalue weighted by Crippen LogP contribution is -2.33. The van der Waals surface area contributed by atoms with Crippen LogP contribution in [0.1, 0.15) is 43.4 Å². The normalized spacial score (nSPS) is 12.6. The second kappa shape index (κ2) is 7.94. The molecule has 0 bridgehead atoms. The summed E-state index contributed by atoms with van der Waals surface area (Å²) >= 11 is 0. The molecule has 1 aromatic carbocycles. The lowest BCUT2D eigenvalue weighted by molar-refractivity contribution is 0.521. The molecule has 1 N–H and O–H groups in total. The molecule has 0 aliphatic heterocycles. The van der Waals surface area contributed by atoms with Crippen molar-refractivity contribution in [1.29, 1.82) is 0 Å². The van der Waals surface area contributed by atoms with E-state index in [0.717, 1.165) is 19.4 Å². The first-order valence-electron chi connectivity index (χ1n) is 7.90. The Kier molecular flexibility index (Phi) is 5.94. The Balaban J connectivity index is 2.02. The van der Waals surface area contributed by atoms with Crippen LogP contribution in [0.5, 0.6) is 0 Å². The molecule has 21 heavy (non-hydrogen) atoms. The number of rotatable bonds is 7. The van der Waals surface area contributed by atoms with Gasteiger partial charge in [0.15, 0.2) is 0 Å². The van der Waals surface area contributed by atoms with Crippen molar-refractivity contribution >= 4 is 0 Å². The number of hydrogen-bond acceptors (Lipinski definition) is 2. The van der Waals surface area contributed by atoms with E-state index in [9.17, 15) is 0 Å². The Morgan fingerprint density at radius 1 is 0.905 bits per heavy atom. The van der Waals surface area contributed by atoms with E-state index in [0.29, 0.717) is 12.0 Å². The van der Waals surface area contributed by atoms with Crippen LogP contribution in [0.2, 0.25) is 0 Å². The average Bonchev–Trinajstić information content (AvgIpc) is 2.49. The van der Waals surface area contributed by atoms with Gasteiger partial charge in [-0.1, -0.05) is 45.0 Å². The lowest BCUT2D eigenvalue weighted by Gasteiger charge is -2.18. The zero-order valence-electron chi connectivity index (χ0n) is 13.3. The van der Waals surface area contributed by atoms with Crippen molar-refractivity contribution in [3.63, 3.8) is 0 Å². The fourth-order valence-corrected chi connectivity index (χ4v) is 2.63. The van der Waals surface area contributed by atoms with Crippen molar-refractivity contribution in [3.05, 3.63) is 65.5 Å². The molecule has 0 radical (unpaired) electrons. The summed E-state index contributed by atoms with van der Waals surface area (Å²) in [6.45, 7) is 7.64. The monoisotopic (exact) mass is 282 g/mol. The quantitative estimate of drug-likeness (QED) is 0.831. The topological polar surface area (TPSA) is 24.9 Å². The first kappa shape index (κ1) is 15.7. The Bertz CT molecular complexity index is 517. The first-order chi connectivity index (χ1) is 10.2. The molecule has 1 heterocycles. The number of hydrogen-bond donors (Lipinski definition) is 1. The highest BCUT2D eigenvalue weighted by Crippen LogP contribution is 2.16. The highest BCUT2D eigenvalue weighted by atomic mass is 14.9. The van der Waals surface area contributed by atoms with Gasteiger partial charge in [-0.2, -0.15) is 0 Å². The maximum Gasteiger partial charge on any atom is 0.0270 e. The molecule has 2 heteroatoms. The lowest BCUT2D eigenvalue weighted by atomic mass is 9.96. The summed E-state index contributed by atoms with van der Waals surface area (Å²) in [7, 11) is 0. The Hall–Kier alpha value is -1.67. The van der Waals surface area contributed by atoms with E-state index in [1.165, 1.54) is 16.7 Å². The minimum absolute atomic E-state index is 0.474. The van der Waals surface area contributed by atoms with Crippen molar-refractivity contribution in [2.75, 3.05) is 6.54 Å². The van der Waals surface area contributed by atoms with Gasteiger partial charge in [0.05, 0.1) is 0 Å². The molecule has 112 valence electrons. The molecule has 0 aliphatic carbocycles. The second-order valence-corrected chi connectivity index (χ2v) is 5.91. The van der Waals surface area contributed by atoms with Gasteiger partial charge in [0.2, 0.25) is 0 Å². The molecule has 0 saturated carbocycles. The van der Waals surface area contributed by atoms with E-state index in [1.807, 2.05) is 12.4 Å². The molecular formula is C19H26N2. The second-order valence-electron chi connectivity index (χ2n) is 5.91. The molecule has 1 aromatic heterocycles. The van der Waals surface area contributed by atoms with Crippen LogP contribution in [-0.4, -0.2) is 17.6 Å². The molecule has 2 rings (SSSR count). The van der Waals surface area contributed by atoms with Crippen LogP contribution in [0.4, 0.5) is 0 Å². The van der Waals surface area contributed by atoms with Crippen molar-refractivity contribution in [1.82, 2.24) is 10.3 Å². The van der Waals surface area contributed by atoms with Crippen LogP contribution in [0.15, 0.2) is 48.8 Å². The van der Waals surface area contributed by atoms with E-state index in [-0.39, 0.29) is 0 Å². The SMILES string of the molecule is CCNC(Cc1ccncc1)Cc1ccc(C(C)C)cc1. The van der Waals surface area contributed by atoms with E-state index >= 15 is 0 Å². The molecule has 0 spiro atoms. The van der Waals surface area contributed by atoms with Crippen LogP contribution in [-0.2, 0) is 12.8 Å². The van der Waals surface area contributed by atoms with Crippen LogP contribution < -0.4 is 5.32 Å². The number of benzene rings is 1. The van der Waals surface area contributed by atoms with Crippen LogP contribution in [0.3, 0.4) is 0 Å². The smallest absolute Gasteiger partial charge is 0.0270 e. The maximum atomic E-state index is 4.09. The minimum Gasteiger partial charge on any atom is -0.314 e. The van der Waals surface area contributed by atoms with Crippen LogP contribution in [0.25, 0.3) is 0 Å². The zero-order chi connectivity index (χ0) is 15.1. The third-order valence-corrected chi connectivity index (χ3v) is 3.85. The predicted molar refractivity (Wildman–Crippen MR) is 89.6 cm³/mol. The van der Waals surface area contributed by atoms with Gasteiger partial charge in [-0.3, -0.25) is 4.98 Å². The van der Waals surface area contributed by atoms with Gasteiger partial charge in [0.25, 0.3) is 0 Å². The summed E-state index contributed by atoms with van der Waals surface area (Å²) in [5, 5.41) is 3.60. The molecule has 2 nitrogen and oxygen atoms in total. The number of nitrogens with one attached hydrogen (secondary N) is 1. The van der Waals surface area contributed by atoms with Gasteiger partial charge in [-0.05, 0) is 54.1 Å². The highest BCUT2D eigenvalue weighted by Gasteiger charge is 2.10. The zero-order valence-corrected chi connectivity index (χ0v) is 13.3. The van der Waals surface area contributed by atoms with Crippen LogP contribution in [0, 0.1) is 0 Å². The summed E-state index contributed by atoms with van der Waals surface area (Å²) in [6.07, 6.45) is 5.85. The third kappa shape index (κ3) is 4.98. The van der Waals surface area contributed by atoms with Crippen molar-refractivity contribution in [2.45, 2.75) is 45.6 Å². The third-order valence-electron chi connectivity index (χ3n) is 3.85. The summed E-state index contributed by atoms with van der Waals surface area (Å²) in [5.74, 6) is 0.598. The van der Waals surface area contributed by atoms with E-state index in [1.54, 1.807) is 0 Å².